The van der Waals surface area contributed by atoms with Crippen LogP contribution in [0.2, 0.25) is 0 Å². The smallest absolute Gasteiger partial charge is 0.410 e. The lowest BCUT2D eigenvalue weighted by atomic mass is 10.2. The minimum atomic E-state index is -0.538. The predicted octanol–water partition coefficient (Wildman–Crippen LogP) is -0.554. The molecule has 0 bridgehead atoms. The fraction of sp³-hybridized carbons (Fsp3) is 0.750. The van der Waals surface area contributed by atoms with Gasteiger partial charge in [0.15, 0.2) is 0 Å². The molecule has 0 aromatic carbocycles. The molecule has 0 aromatic heterocycles. The predicted molar refractivity (Wildman–Crippen MR) is 71.3 cm³/mol. The Hall–Kier alpha value is -1.83. The maximum Gasteiger partial charge on any atom is 0.410 e. The van der Waals surface area contributed by atoms with E-state index in [1.807, 2.05) is 5.43 Å². The number of hydrogen-bond acceptors (Lipinski definition) is 5. The van der Waals surface area contributed by atoms with Gasteiger partial charge in [-0.05, 0) is 20.8 Å². The van der Waals surface area contributed by atoms with Gasteiger partial charge in [0.1, 0.15) is 12.0 Å². The molecule has 1 rings (SSSR count). The fourth-order valence-electron chi connectivity index (χ4n) is 1.77. The van der Waals surface area contributed by atoms with Gasteiger partial charge in [0.25, 0.3) is 0 Å². The summed E-state index contributed by atoms with van der Waals surface area (Å²) in [6.07, 6.45) is -0.660. The van der Waals surface area contributed by atoms with Gasteiger partial charge in [0.05, 0.1) is 0 Å². The number of amides is 3. The average Bonchev–Trinajstić information content (AvgIpc) is 2.36. The highest BCUT2D eigenvalue weighted by Crippen LogP contribution is 2.12. The van der Waals surface area contributed by atoms with Gasteiger partial charge >= 0.3 is 6.09 Å². The number of nitrogens with two attached hydrogens (primary N) is 1. The number of carbonyl (C=O) groups excluding carboxylic acids is 3. The topological polar surface area (TPSA) is 105 Å². The van der Waals surface area contributed by atoms with Crippen LogP contribution in [0.3, 0.4) is 0 Å². The quantitative estimate of drug-likeness (QED) is 0.306. The molecule has 1 fully saturated rings. The molecule has 0 aliphatic carbocycles. The van der Waals surface area contributed by atoms with Crippen molar-refractivity contribution >= 4 is 17.9 Å². The average molecular weight is 286 g/mol. The van der Waals surface area contributed by atoms with E-state index in [1.54, 1.807) is 25.7 Å². The van der Waals surface area contributed by atoms with E-state index in [-0.39, 0.29) is 18.4 Å². The first kappa shape index (κ1) is 16.2. The van der Waals surface area contributed by atoms with Crippen LogP contribution in [0.4, 0.5) is 4.79 Å². The van der Waals surface area contributed by atoms with Crippen molar-refractivity contribution in [3.05, 3.63) is 0 Å². The van der Waals surface area contributed by atoms with Gasteiger partial charge in [-0.25, -0.2) is 10.6 Å². The van der Waals surface area contributed by atoms with Gasteiger partial charge in [-0.3, -0.25) is 15.0 Å². The van der Waals surface area contributed by atoms with Crippen molar-refractivity contribution in [1.82, 2.24) is 15.2 Å². The summed E-state index contributed by atoms with van der Waals surface area (Å²) in [5.41, 5.74) is 1.38. The lowest BCUT2D eigenvalue weighted by molar-refractivity contribution is -0.137. The Balaban J connectivity index is 2.42. The Morgan fingerprint density at radius 3 is 2.05 bits per heavy atom. The zero-order valence-corrected chi connectivity index (χ0v) is 12.1. The third-order valence-corrected chi connectivity index (χ3v) is 2.76. The molecule has 20 heavy (non-hydrogen) atoms. The van der Waals surface area contributed by atoms with E-state index < -0.39 is 11.5 Å². The van der Waals surface area contributed by atoms with E-state index in [0.717, 1.165) is 0 Å². The Morgan fingerprint density at radius 1 is 1.10 bits per heavy atom. The molecule has 3 N–H and O–H groups in total. The first-order valence-electron chi connectivity index (χ1n) is 6.48. The summed E-state index contributed by atoms with van der Waals surface area (Å²) in [7, 11) is 0. The molecule has 1 aliphatic heterocycles. The van der Waals surface area contributed by atoms with Gasteiger partial charge in [-0.15, -0.1) is 0 Å². The Kier molecular flexibility index (Phi) is 5.32. The number of hydrogen-bond donors (Lipinski definition) is 2. The maximum atomic E-state index is 11.8. The highest BCUT2D eigenvalue weighted by Gasteiger charge is 2.28. The number of ether oxygens (including phenoxy) is 1. The highest BCUT2D eigenvalue weighted by molar-refractivity contribution is 5.96. The normalized spacial score (nSPS) is 15.8. The monoisotopic (exact) mass is 286 g/mol. The minimum Gasteiger partial charge on any atom is -0.444 e. The van der Waals surface area contributed by atoms with E-state index in [0.29, 0.717) is 26.2 Å². The molecule has 0 saturated carbocycles. The standard InChI is InChI=1S/C12H22N4O4/c1-12(2,3)20-11(19)16-6-4-15(5-7-16)10(18)8-9(17)14-13/h4-8,13H2,1-3H3,(H,14,17). The summed E-state index contributed by atoms with van der Waals surface area (Å²) >= 11 is 0. The molecule has 8 heteroatoms. The number of nitrogens with zero attached hydrogens (tertiary/aromatic N) is 2. The molecule has 0 atom stereocenters. The van der Waals surface area contributed by atoms with E-state index in [1.165, 1.54) is 4.90 Å². The Morgan fingerprint density at radius 2 is 1.60 bits per heavy atom. The second kappa shape index (κ2) is 6.56. The highest BCUT2D eigenvalue weighted by atomic mass is 16.6. The summed E-state index contributed by atoms with van der Waals surface area (Å²) in [5, 5.41) is 0. The minimum absolute atomic E-state index is 0.275. The summed E-state index contributed by atoms with van der Waals surface area (Å²) in [4.78, 5) is 37.7. The van der Waals surface area contributed by atoms with Crippen LogP contribution in [0.5, 0.6) is 0 Å². The zero-order valence-electron chi connectivity index (χ0n) is 12.1. The van der Waals surface area contributed by atoms with Crippen LogP contribution in [-0.4, -0.2) is 59.5 Å². The molecule has 0 radical (unpaired) electrons. The Labute approximate surface area is 118 Å². The number of rotatable bonds is 2. The summed E-state index contributed by atoms with van der Waals surface area (Å²) in [6.45, 7) is 6.96. The van der Waals surface area contributed by atoms with Gasteiger partial charge in [-0.1, -0.05) is 0 Å². The molecule has 0 aromatic rings. The first-order valence-corrected chi connectivity index (χ1v) is 6.48. The van der Waals surface area contributed by atoms with Crippen LogP contribution in [0.15, 0.2) is 0 Å². The van der Waals surface area contributed by atoms with Crippen molar-refractivity contribution in [3.63, 3.8) is 0 Å². The molecule has 1 aliphatic rings. The first-order chi connectivity index (χ1) is 9.23. The van der Waals surface area contributed by atoms with Crippen LogP contribution >= 0.6 is 0 Å². The van der Waals surface area contributed by atoms with Crippen molar-refractivity contribution in [2.45, 2.75) is 32.8 Å². The number of carbonyl (C=O) groups is 3. The summed E-state index contributed by atoms with van der Waals surface area (Å²) in [6, 6.07) is 0. The van der Waals surface area contributed by atoms with E-state index in [9.17, 15) is 14.4 Å². The molecule has 3 amide bonds. The lowest BCUT2D eigenvalue weighted by Crippen LogP contribution is -2.52. The van der Waals surface area contributed by atoms with Crippen molar-refractivity contribution in [2.24, 2.45) is 5.84 Å². The summed E-state index contributed by atoms with van der Waals surface area (Å²) < 4.78 is 5.26. The van der Waals surface area contributed by atoms with Gasteiger partial charge in [0, 0.05) is 26.2 Å². The molecule has 1 heterocycles. The van der Waals surface area contributed by atoms with Crippen molar-refractivity contribution in [3.8, 4) is 0 Å². The van der Waals surface area contributed by atoms with Crippen LogP contribution in [-0.2, 0) is 14.3 Å². The number of hydrazine groups is 1. The third-order valence-electron chi connectivity index (χ3n) is 2.76. The SMILES string of the molecule is CC(C)(C)OC(=O)N1CCN(C(=O)CC(=O)NN)CC1. The van der Waals surface area contributed by atoms with E-state index in [2.05, 4.69) is 0 Å². The van der Waals surface area contributed by atoms with E-state index in [4.69, 9.17) is 10.6 Å². The lowest BCUT2D eigenvalue weighted by Gasteiger charge is -2.35. The Bertz CT molecular complexity index is 383. The number of nitrogens with one attached hydrogen (secondary N) is 1. The molecule has 0 unspecified atom stereocenters. The largest absolute Gasteiger partial charge is 0.444 e. The van der Waals surface area contributed by atoms with Gasteiger partial charge in [0.2, 0.25) is 11.8 Å². The molecule has 1 saturated heterocycles. The van der Waals surface area contributed by atoms with Gasteiger partial charge < -0.3 is 14.5 Å². The summed E-state index contributed by atoms with van der Waals surface area (Å²) in [5.74, 6) is 4.11. The zero-order chi connectivity index (χ0) is 15.3. The van der Waals surface area contributed by atoms with Crippen molar-refractivity contribution in [1.29, 1.82) is 0 Å². The second-order valence-electron chi connectivity index (χ2n) is 5.59. The maximum absolute atomic E-state index is 11.8. The molecular weight excluding hydrogens is 264 g/mol. The molecule has 114 valence electrons. The second-order valence-corrected chi connectivity index (χ2v) is 5.59. The molecule has 0 spiro atoms. The van der Waals surface area contributed by atoms with Crippen molar-refractivity contribution < 1.29 is 19.1 Å². The van der Waals surface area contributed by atoms with Crippen molar-refractivity contribution in [2.75, 3.05) is 26.2 Å². The van der Waals surface area contributed by atoms with E-state index >= 15 is 0 Å². The van der Waals surface area contributed by atoms with Crippen LogP contribution in [0.25, 0.3) is 0 Å². The molecular formula is C12H22N4O4. The van der Waals surface area contributed by atoms with Crippen LogP contribution < -0.4 is 11.3 Å². The van der Waals surface area contributed by atoms with Crippen LogP contribution in [0, 0.1) is 0 Å². The fourth-order valence-corrected chi connectivity index (χ4v) is 1.77. The number of piperazine rings is 1. The molecule has 8 nitrogen and oxygen atoms in total. The van der Waals surface area contributed by atoms with Crippen LogP contribution in [0.1, 0.15) is 27.2 Å². The third kappa shape index (κ3) is 5.04. The van der Waals surface area contributed by atoms with Gasteiger partial charge in [-0.2, -0.15) is 0 Å².